The Morgan fingerprint density at radius 2 is 2.29 bits per heavy atom. The van der Waals surface area contributed by atoms with Crippen molar-refractivity contribution < 1.29 is 17.9 Å². The highest BCUT2D eigenvalue weighted by molar-refractivity contribution is 7.89. The molecule has 0 bridgehead atoms. The number of H-pyrrole nitrogens is 1. The van der Waals surface area contributed by atoms with Crippen LogP contribution >= 0.6 is 0 Å². The summed E-state index contributed by atoms with van der Waals surface area (Å²) in [7, 11) is -2.19. The molecule has 0 unspecified atom stereocenters. The Kier molecular flexibility index (Phi) is 4.97. The fourth-order valence-electron chi connectivity index (χ4n) is 1.01. The predicted molar refractivity (Wildman–Crippen MR) is 56.1 cm³/mol. The highest BCUT2D eigenvalue weighted by atomic mass is 32.2. The van der Waals surface area contributed by atoms with Crippen molar-refractivity contribution in [1.82, 2.24) is 25.3 Å². The number of tetrazole rings is 1. The Hall–Kier alpha value is -1.55. The molecule has 1 aromatic heterocycles. The lowest BCUT2D eigenvalue weighted by atomic mass is 10.3. The molecule has 0 aliphatic rings. The van der Waals surface area contributed by atoms with E-state index in [-0.39, 0.29) is 31.0 Å². The van der Waals surface area contributed by atoms with Crippen molar-refractivity contribution in [2.75, 3.05) is 12.9 Å². The Bertz CT molecular complexity index is 443. The minimum Gasteiger partial charge on any atom is -0.469 e. The molecule has 0 aromatic carbocycles. The molecule has 1 aromatic rings. The van der Waals surface area contributed by atoms with Gasteiger partial charge in [0.25, 0.3) is 0 Å². The lowest BCUT2D eigenvalue weighted by Crippen LogP contribution is -2.26. The van der Waals surface area contributed by atoms with Gasteiger partial charge in [0.15, 0.2) is 5.82 Å². The maximum absolute atomic E-state index is 11.4. The molecule has 0 saturated heterocycles. The van der Waals surface area contributed by atoms with Crippen LogP contribution in [0, 0.1) is 0 Å². The zero-order valence-electron chi connectivity index (χ0n) is 9.21. The first-order chi connectivity index (χ1) is 8.03. The SMILES string of the molecule is COC(=O)CCCS(=O)(=O)NCc1nn[nH]n1. The number of carbonyl (C=O) groups is 1. The average Bonchev–Trinajstić information content (AvgIpc) is 2.79. The first-order valence-corrected chi connectivity index (χ1v) is 6.45. The number of ether oxygens (including phenoxy) is 1. The van der Waals surface area contributed by atoms with Crippen molar-refractivity contribution in [1.29, 1.82) is 0 Å². The summed E-state index contributed by atoms with van der Waals surface area (Å²) < 4.78 is 29.6. The second-order valence-electron chi connectivity index (χ2n) is 3.15. The van der Waals surface area contributed by atoms with Gasteiger partial charge in [-0.25, -0.2) is 13.1 Å². The van der Waals surface area contributed by atoms with Crippen LogP contribution < -0.4 is 4.72 Å². The lowest BCUT2D eigenvalue weighted by Gasteiger charge is -2.03. The van der Waals surface area contributed by atoms with Gasteiger partial charge in [-0.2, -0.15) is 5.21 Å². The van der Waals surface area contributed by atoms with E-state index in [2.05, 4.69) is 30.1 Å². The molecule has 0 fully saturated rings. The van der Waals surface area contributed by atoms with E-state index < -0.39 is 16.0 Å². The second-order valence-corrected chi connectivity index (χ2v) is 5.07. The summed E-state index contributed by atoms with van der Waals surface area (Å²) in [4.78, 5) is 10.8. The zero-order valence-corrected chi connectivity index (χ0v) is 10.0. The molecule has 96 valence electrons. The van der Waals surface area contributed by atoms with Gasteiger partial charge in [0.2, 0.25) is 10.0 Å². The molecule has 10 heteroatoms. The number of sulfonamides is 1. The highest BCUT2D eigenvalue weighted by Crippen LogP contribution is 1.97. The smallest absolute Gasteiger partial charge is 0.305 e. The van der Waals surface area contributed by atoms with Crippen LogP contribution in [-0.4, -0.2) is 47.9 Å². The van der Waals surface area contributed by atoms with Crippen molar-refractivity contribution >= 4 is 16.0 Å². The number of esters is 1. The van der Waals surface area contributed by atoms with E-state index in [1.54, 1.807) is 0 Å². The number of carbonyl (C=O) groups excluding carboxylic acids is 1. The summed E-state index contributed by atoms with van der Waals surface area (Å²) in [5.74, 6) is -0.333. The fraction of sp³-hybridized carbons (Fsp3) is 0.714. The van der Waals surface area contributed by atoms with Gasteiger partial charge in [0.1, 0.15) is 0 Å². The Morgan fingerprint density at radius 3 is 2.88 bits per heavy atom. The third-order valence-corrected chi connectivity index (χ3v) is 3.27. The normalized spacial score (nSPS) is 11.4. The number of rotatable bonds is 7. The molecule has 1 rings (SSSR count). The standard InChI is InChI=1S/C7H13N5O4S/c1-16-7(13)3-2-4-17(14,15)8-5-6-9-11-12-10-6/h8H,2-5H2,1H3,(H,9,10,11,12). The molecule has 0 atom stereocenters. The quantitative estimate of drug-likeness (QED) is 0.577. The molecule has 0 amide bonds. The molecule has 9 nitrogen and oxygen atoms in total. The van der Waals surface area contributed by atoms with Crippen molar-refractivity contribution in [2.45, 2.75) is 19.4 Å². The first-order valence-electron chi connectivity index (χ1n) is 4.80. The molecular formula is C7H13N5O4S. The van der Waals surface area contributed by atoms with Gasteiger partial charge in [0.05, 0.1) is 19.4 Å². The van der Waals surface area contributed by atoms with Gasteiger partial charge < -0.3 is 4.74 Å². The molecule has 0 saturated carbocycles. The summed E-state index contributed by atoms with van der Waals surface area (Å²) in [6, 6.07) is 0. The van der Waals surface area contributed by atoms with Crippen molar-refractivity contribution in [3.63, 3.8) is 0 Å². The molecule has 0 aliphatic heterocycles. The summed E-state index contributed by atoms with van der Waals surface area (Å²) in [6.07, 6.45) is 0.272. The molecule has 0 spiro atoms. The second kappa shape index (κ2) is 6.25. The molecule has 0 radical (unpaired) electrons. The average molecular weight is 263 g/mol. The Labute approximate surface area is 98.0 Å². The summed E-state index contributed by atoms with van der Waals surface area (Å²) in [6.45, 7) is -0.0307. The highest BCUT2D eigenvalue weighted by Gasteiger charge is 2.12. The lowest BCUT2D eigenvalue weighted by molar-refractivity contribution is -0.140. The van der Waals surface area contributed by atoms with Crippen molar-refractivity contribution in [2.24, 2.45) is 0 Å². The van der Waals surface area contributed by atoms with Crippen LogP contribution in [0.15, 0.2) is 0 Å². The van der Waals surface area contributed by atoms with E-state index in [0.717, 1.165) is 0 Å². The van der Waals surface area contributed by atoms with E-state index in [4.69, 9.17) is 0 Å². The van der Waals surface area contributed by atoms with Crippen LogP contribution in [0.4, 0.5) is 0 Å². The van der Waals surface area contributed by atoms with Crippen LogP contribution in [-0.2, 0) is 26.1 Å². The predicted octanol–water partition coefficient (Wildman–Crippen LogP) is -1.43. The first kappa shape index (κ1) is 13.5. The van der Waals surface area contributed by atoms with E-state index in [1.807, 2.05) is 0 Å². The van der Waals surface area contributed by atoms with Gasteiger partial charge in [-0.05, 0) is 6.42 Å². The minimum atomic E-state index is -3.44. The fourth-order valence-corrected chi connectivity index (χ4v) is 2.03. The molecular weight excluding hydrogens is 250 g/mol. The Balaban J connectivity index is 2.29. The van der Waals surface area contributed by atoms with Gasteiger partial charge in [-0.3, -0.25) is 4.79 Å². The van der Waals surface area contributed by atoms with E-state index >= 15 is 0 Å². The number of nitrogens with zero attached hydrogens (tertiary/aromatic N) is 3. The van der Waals surface area contributed by atoms with Gasteiger partial charge in [-0.15, -0.1) is 10.2 Å². The summed E-state index contributed by atoms with van der Waals surface area (Å²) in [5.41, 5.74) is 0. The zero-order chi connectivity index (χ0) is 12.7. The maximum Gasteiger partial charge on any atom is 0.305 e. The number of aromatic nitrogens is 4. The molecule has 0 aliphatic carbocycles. The van der Waals surface area contributed by atoms with Crippen LogP contribution in [0.5, 0.6) is 0 Å². The topological polar surface area (TPSA) is 127 Å². The van der Waals surface area contributed by atoms with E-state index in [9.17, 15) is 13.2 Å². The van der Waals surface area contributed by atoms with Crippen LogP contribution in [0.1, 0.15) is 18.7 Å². The van der Waals surface area contributed by atoms with Gasteiger partial charge in [0, 0.05) is 6.42 Å². The molecule has 2 N–H and O–H groups in total. The van der Waals surface area contributed by atoms with Gasteiger partial charge in [-0.1, -0.05) is 5.21 Å². The number of nitrogens with one attached hydrogen (secondary N) is 2. The largest absolute Gasteiger partial charge is 0.469 e. The van der Waals surface area contributed by atoms with Crippen molar-refractivity contribution in [3.8, 4) is 0 Å². The van der Waals surface area contributed by atoms with Crippen LogP contribution in [0.25, 0.3) is 0 Å². The maximum atomic E-state index is 11.4. The summed E-state index contributed by atoms with van der Waals surface area (Å²) >= 11 is 0. The Morgan fingerprint density at radius 1 is 1.53 bits per heavy atom. The molecule has 17 heavy (non-hydrogen) atoms. The van der Waals surface area contributed by atoms with Crippen LogP contribution in [0.2, 0.25) is 0 Å². The minimum absolute atomic E-state index is 0.0307. The number of hydrogen-bond donors (Lipinski definition) is 2. The number of aromatic amines is 1. The summed E-state index contributed by atoms with van der Waals surface area (Å²) in [5, 5.41) is 12.7. The number of methoxy groups -OCH3 is 1. The monoisotopic (exact) mass is 263 g/mol. The van der Waals surface area contributed by atoms with E-state index in [1.165, 1.54) is 7.11 Å². The number of hydrogen-bond acceptors (Lipinski definition) is 7. The van der Waals surface area contributed by atoms with Crippen molar-refractivity contribution in [3.05, 3.63) is 5.82 Å². The third kappa shape index (κ3) is 5.36. The molecule has 1 heterocycles. The van der Waals surface area contributed by atoms with Crippen LogP contribution in [0.3, 0.4) is 0 Å². The van der Waals surface area contributed by atoms with Gasteiger partial charge >= 0.3 is 5.97 Å². The third-order valence-electron chi connectivity index (χ3n) is 1.86. The van der Waals surface area contributed by atoms with E-state index in [0.29, 0.717) is 0 Å².